The van der Waals surface area contributed by atoms with Gasteiger partial charge < -0.3 is 14.5 Å². The van der Waals surface area contributed by atoms with Crippen molar-refractivity contribution in [2.45, 2.75) is 19.4 Å². The summed E-state index contributed by atoms with van der Waals surface area (Å²) in [5.74, 6) is 0.00428. The molecule has 0 unspecified atom stereocenters. The number of hydrogen-bond donors (Lipinski definition) is 1. The molecule has 1 atom stereocenters. The number of ketones is 1. The molecule has 5 nitrogen and oxygen atoms in total. The highest BCUT2D eigenvalue weighted by molar-refractivity contribution is 6.10. The molecule has 3 rings (SSSR count). The number of carbonyl (C=O) groups excluding carboxylic acids is 2. The smallest absolute Gasteiger partial charge is 0.309 e. The standard InChI is InChI=1S/C20H19NO4/c1-14(20(23)17-13-21-18-10-6-5-9-16(17)18)25-19(22)11-12-24-15-7-3-2-4-8-15/h2-10,13-14,21H,11-12H2,1H3/t14-/m0/s1. The lowest BCUT2D eigenvalue weighted by Crippen LogP contribution is -2.25. The lowest BCUT2D eigenvalue weighted by atomic mass is 10.1. The Kier molecular flexibility index (Phi) is 5.14. The fraction of sp³-hybridized carbons (Fsp3) is 0.200. The number of rotatable bonds is 7. The fourth-order valence-corrected chi connectivity index (χ4v) is 2.57. The van der Waals surface area contributed by atoms with Crippen LogP contribution in [0.25, 0.3) is 10.9 Å². The maximum atomic E-state index is 12.5. The van der Waals surface area contributed by atoms with Crippen molar-refractivity contribution >= 4 is 22.7 Å². The van der Waals surface area contributed by atoms with Gasteiger partial charge in [0, 0.05) is 22.7 Å². The molecule has 0 aliphatic carbocycles. The number of aromatic amines is 1. The first-order valence-corrected chi connectivity index (χ1v) is 8.13. The average molecular weight is 337 g/mol. The van der Waals surface area contributed by atoms with Crippen LogP contribution >= 0.6 is 0 Å². The minimum absolute atomic E-state index is 0.0837. The van der Waals surface area contributed by atoms with Crippen LogP contribution in [0.15, 0.2) is 60.8 Å². The Hall–Kier alpha value is -3.08. The van der Waals surface area contributed by atoms with Crippen LogP contribution in [0.2, 0.25) is 0 Å². The number of fused-ring (bicyclic) bond motifs is 1. The molecule has 1 heterocycles. The number of nitrogens with one attached hydrogen (secondary N) is 1. The van der Waals surface area contributed by atoms with Gasteiger partial charge in [-0.25, -0.2) is 0 Å². The Bertz CT molecular complexity index is 870. The number of ether oxygens (including phenoxy) is 2. The van der Waals surface area contributed by atoms with Gasteiger partial charge in [0.2, 0.25) is 5.78 Å². The van der Waals surface area contributed by atoms with Crippen molar-refractivity contribution in [1.29, 1.82) is 0 Å². The van der Waals surface area contributed by atoms with Crippen LogP contribution < -0.4 is 4.74 Å². The van der Waals surface area contributed by atoms with E-state index in [0.29, 0.717) is 11.3 Å². The number of aromatic nitrogens is 1. The molecule has 3 aromatic rings. The lowest BCUT2D eigenvalue weighted by Gasteiger charge is -2.12. The van der Waals surface area contributed by atoms with E-state index in [0.717, 1.165) is 10.9 Å². The monoisotopic (exact) mass is 337 g/mol. The largest absolute Gasteiger partial charge is 0.493 e. The number of carbonyl (C=O) groups is 2. The van der Waals surface area contributed by atoms with E-state index >= 15 is 0 Å². The zero-order valence-corrected chi connectivity index (χ0v) is 13.9. The van der Waals surface area contributed by atoms with Crippen molar-refractivity contribution < 1.29 is 19.1 Å². The van der Waals surface area contributed by atoms with Crippen LogP contribution in [-0.2, 0) is 9.53 Å². The summed E-state index contributed by atoms with van der Waals surface area (Å²) in [7, 11) is 0. The third-order valence-corrected chi connectivity index (χ3v) is 3.85. The number of H-pyrrole nitrogens is 1. The zero-order valence-electron chi connectivity index (χ0n) is 13.9. The van der Waals surface area contributed by atoms with Crippen molar-refractivity contribution in [3.05, 3.63) is 66.4 Å². The maximum absolute atomic E-state index is 12.5. The number of Topliss-reactive ketones (excluding diaryl/α,β-unsaturated/α-hetero) is 1. The second-order valence-electron chi connectivity index (χ2n) is 5.66. The quantitative estimate of drug-likeness (QED) is 0.526. The number of esters is 1. The molecule has 0 fully saturated rings. The van der Waals surface area contributed by atoms with Gasteiger partial charge in [0.1, 0.15) is 5.75 Å². The highest BCUT2D eigenvalue weighted by atomic mass is 16.5. The number of para-hydroxylation sites is 2. The molecule has 0 amide bonds. The van der Waals surface area contributed by atoms with E-state index in [2.05, 4.69) is 4.98 Å². The normalized spacial score (nSPS) is 11.9. The van der Waals surface area contributed by atoms with Gasteiger partial charge in [-0.3, -0.25) is 9.59 Å². The molecule has 0 saturated carbocycles. The van der Waals surface area contributed by atoms with Gasteiger partial charge in [0.05, 0.1) is 13.0 Å². The molecule has 2 aromatic carbocycles. The first-order valence-electron chi connectivity index (χ1n) is 8.13. The van der Waals surface area contributed by atoms with E-state index < -0.39 is 12.1 Å². The third kappa shape index (κ3) is 4.07. The summed E-state index contributed by atoms with van der Waals surface area (Å²) < 4.78 is 10.7. The molecular weight excluding hydrogens is 318 g/mol. The van der Waals surface area contributed by atoms with Gasteiger partial charge in [-0.15, -0.1) is 0 Å². The second-order valence-corrected chi connectivity index (χ2v) is 5.66. The Morgan fingerprint density at radius 2 is 1.76 bits per heavy atom. The van der Waals surface area contributed by atoms with Crippen LogP contribution in [0, 0.1) is 0 Å². The molecule has 0 radical (unpaired) electrons. The molecule has 25 heavy (non-hydrogen) atoms. The van der Waals surface area contributed by atoms with Crippen LogP contribution in [-0.4, -0.2) is 29.4 Å². The summed E-state index contributed by atoms with van der Waals surface area (Å²) in [5, 5.41) is 0.822. The van der Waals surface area contributed by atoms with Crippen LogP contribution in [0.1, 0.15) is 23.7 Å². The summed E-state index contributed by atoms with van der Waals surface area (Å²) in [6.45, 7) is 1.79. The van der Waals surface area contributed by atoms with E-state index in [-0.39, 0.29) is 18.8 Å². The number of hydrogen-bond acceptors (Lipinski definition) is 4. The third-order valence-electron chi connectivity index (χ3n) is 3.85. The summed E-state index contributed by atoms with van der Waals surface area (Å²) in [6.07, 6.45) is 0.888. The molecule has 5 heteroatoms. The molecule has 0 aliphatic rings. The second kappa shape index (κ2) is 7.66. The van der Waals surface area contributed by atoms with Crippen molar-refractivity contribution in [2.75, 3.05) is 6.61 Å². The zero-order chi connectivity index (χ0) is 17.6. The van der Waals surface area contributed by atoms with Crippen LogP contribution in [0.4, 0.5) is 0 Å². The first kappa shape index (κ1) is 16.8. The molecule has 0 aliphatic heterocycles. The lowest BCUT2D eigenvalue weighted by molar-refractivity contribution is -0.146. The van der Waals surface area contributed by atoms with Crippen LogP contribution in [0.3, 0.4) is 0 Å². The van der Waals surface area contributed by atoms with Gasteiger partial charge in [-0.1, -0.05) is 36.4 Å². The summed E-state index contributed by atoms with van der Waals surface area (Å²) in [5.41, 5.74) is 1.40. The van der Waals surface area contributed by atoms with Gasteiger partial charge in [0.15, 0.2) is 6.10 Å². The molecule has 0 bridgehead atoms. The fourth-order valence-electron chi connectivity index (χ4n) is 2.57. The number of benzene rings is 2. The Labute approximate surface area is 145 Å². The van der Waals surface area contributed by atoms with Gasteiger partial charge in [-0.2, -0.15) is 0 Å². The van der Waals surface area contributed by atoms with E-state index in [1.165, 1.54) is 0 Å². The molecule has 1 N–H and O–H groups in total. The SMILES string of the molecule is C[C@H](OC(=O)CCOc1ccccc1)C(=O)c1c[nH]c2ccccc12. The van der Waals surface area contributed by atoms with Crippen molar-refractivity contribution in [2.24, 2.45) is 0 Å². The summed E-state index contributed by atoms with van der Waals surface area (Å²) in [6, 6.07) is 16.7. The summed E-state index contributed by atoms with van der Waals surface area (Å²) in [4.78, 5) is 27.5. The van der Waals surface area contributed by atoms with Crippen LogP contribution in [0.5, 0.6) is 5.75 Å². The van der Waals surface area contributed by atoms with E-state index in [9.17, 15) is 9.59 Å². The Morgan fingerprint density at radius 1 is 1.04 bits per heavy atom. The molecule has 0 spiro atoms. The molecule has 0 saturated heterocycles. The Balaban J connectivity index is 1.53. The van der Waals surface area contributed by atoms with Crippen molar-refractivity contribution in [3.8, 4) is 5.75 Å². The van der Waals surface area contributed by atoms with E-state index in [1.54, 1.807) is 13.1 Å². The molecule has 1 aromatic heterocycles. The van der Waals surface area contributed by atoms with Gasteiger partial charge in [-0.05, 0) is 25.1 Å². The average Bonchev–Trinajstić information content (AvgIpc) is 3.06. The highest BCUT2D eigenvalue weighted by Crippen LogP contribution is 2.20. The van der Waals surface area contributed by atoms with Crippen molar-refractivity contribution in [3.63, 3.8) is 0 Å². The topological polar surface area (TPSA) is 68.4 Å². The first-order chi connectivity index (χ1) is 12.1. The van der Waals surface area contributed by atoms with E-state index in [4.69, 9.17) is 9.47 Å². The predicted octanol–water partition coefficient (Wildman–Crippen LogP) is 3.75. The van der Waals surface area contributed by atoms with Gasteiger partial charge in [0.25, 0.3) is 0 Å². The summed E-state index contributed by atoms with van der Waals surface area (Å²) >= 11 is 0. The predicted molar refractivity (Wildman–Crippen MR) is 94.7 cm³/mol. The molecule has 128 valence electrons. The van der Waals surface area contributed by atoms with Gasteiger partial charge >= 0.3 is 5.97 Å². The molecular formula is C20H19NO4. The van der Waals surface area contributed by atoms with Crippen molar-refractivity contribution in [1.82, 2.24) is 4.98 Å². The minimum Gasteiger partial charge on any atom is -0.493 e. The maximum Gasteiger partial charge on any atom is 0.309 e. The minimum atomic E-state index is -0.844. The Morgan fingerprint density at radius 3 is 2.56 bits per heavy atom. The van der Waals surface area contributed by atoms with E-state index in [1.807, 2.05) is 54.6 Å². The highest BCUT2D eigenvalue weighted by Gasteiger charge is 2.22.